The van der Waals surface area contributed by atoms with Gasteiger partial charge in [-0.1, -0.05) is 33.6 Å². The average Bonchev–Trinajstić information content (AvgIpc) is 2.13. The van der Waals surface area contributed by atoms with Crippen molar-refractivity contribution < 1.29 is 4.79 Å². The van der Waals surface area contributed by atoms with Gasteiger partial charge >= 0.3 is 0 Å². The highest BCUT2D eigenvalue weighted by Crippen LogP contribution is 2.46. The van der Waals surface area contributed by atoms with Crippen molar-refractivity contribution in [3.05, 3.63) is 0 Å². The molecule has 1 aliphatic carbocycles. The van der Waals surface area contributed by atoms with Crippen molar-refractivity contribution in [2.24, 2.45) is 23.0 Å². The van der Waals surface area contributed by atoms with Gasteiger partial charge in [0.1, 0.15) is 0 Å². The van der Waals surface area contributed by atoms with Crippen molar-refractivity contribution >= 4 is 5.91 Å². The van der Waals surface area contributed by atoms with Crippen molar-refractivity contribution in [1.82, 2.24) is 0 Å². The summed E-state index contributed by atoms with van der Waals surface area (Å²) in [6.45, 7) is 6.68. The standard InChI is InChI=1S/C13H25NO/c1-4-10(2)8-11(12(14)15)9-13(3)6-5-7-13/h10-11H,4-9H2,1-3H3,(H2,14,15). The molecule has 0 radical (unpaired) electrons. The van der Waals surface area contributed by atoms with E-state index < -0.39 is 0 Å². The lowest BCUT2D eigenvalue weighted by atomic mass is 9.65. The first kappa shape index (κ1) is 12.5. The maximum atomic E-state index is 11.4. The summed E-state index contributed by atoms with van der Waals surface area (Å²) in [5.74, 6) is 0.625. The summed E-state index contributed by atoms with van der Waals surface area (Å²) in [4.78, 5) is 11.4. The van der Waals surface area contributed by atoms with E-state index in [-0.39, 0.29) is 11.8 Å². The Hall–Kier alpha value is -0.530. The second-order valence-electron chi connectivity index (χ2n) is 5.72. The lowest BCUT2D eigenvalue weighted by Crippen LogP contribution is -2.34. The molecule has 1 rings (SSSR count). The van der Waals surface area contributed by atoms with E-state index in [0.717, 1.165) is 19.3 Å². The molecule has 1 aliphatic rings. The predicted molar refractivity (Wildman–Crippen MR) is 63.3 cm³/mol. The van der Waals surface area contributed by atoms with Crippen LogP contribution in [0, 0.1) is 17.3 Å². The molecular weight excluding hydrogens is 186 g/mol. The Morgan fingerprint density at radius 1 is 1.47 bits per heavy atom. The maximum Gasteiger partial charge on any atom is 0.220 e. The highest BCUT2D eigenvalue weighted by atomic mass is 16.1. The zero-order valence-corrected chi connectivity index (χ0v) is 10.4. The minimum atomic E-state index is -0.0941. The molecule has 0 heterocycles. The van der Waals surface area contributed by atoms with Crippen LogP contribution in [0.25, 0.3) is 0 Å². The first-order valence-corrected chi connectivity index (χ1v) is 6.26. The Kier molecular flexibility index (Phi) is 4.18. The summed E-state index contributed by atoms with van der Waals surface area (Å²) in [7, 11) is 0. The van der Waals surface area contributed by atoms with Gasteiger partial charge in [-0.05, 0) is 37.0 Å². The van der Waals surface area contributed by atoms with Crippen LogP contribution in [-0.2, 0) is 4.79 Å². The van der Waals surface area contributed by atoms with Gasteiger partial charge in [-0.2, -0.15) is 0 Å². The van der Waals surface area contributed by atoms with Crippen LogP contribution in [-0.4, -0.2) is 5.91 Å². The van der Waals surface area contributed by atoms with Crippen molar-refractivity contribution in [3.8, 4) is 0 Å². The third kappa shape index (κ3) is 3.51. The summed E-state index contributed by atoms with van der Waals surface area (Å²) in [5.41, 5.74) is 5.90. The van der Waals surface area contributed by atoms with Crippen molar-refractivity contribution in [2.45, 2.75) is 59.3 Å². The van der Waals surface area contributed by atoms with Crippen LogP contribution in [0.15, 0.2) is 0 Å². The maximum absolute atomic E-state index is 11.4. The predicted octanol–water partition coefficient (Wildman–Crippen LogP) is 3.10. The first-order chi connectivity index (χ1) is 6.97. The zero-order chi connectivity index (χ0) is 11.5. The first-order valence-electron chi connectivity index (χ1n) is 6.26. The molecule has 2 heteroatoms. The van der Waals surface area contributed by atoms with Gasteiger partial charge in [-0.3, -0.25) is 4.79 Å². The fourth-order valence-corrected chi connectivity index (χ4v) is 2.53. The van der Waals surface area contributed by atoms with E-state index in [0.29, 0.717) is 11.3 Å². The van der Waals surface area contributed by atoms with Crippen LogP contribution in [0.5, 0.6) is 0 Å². The monoisotopic (exact) mass is 211 g/mol. The molecule has 0 saturated heterocycles. The molecule has 2 nitrogen and oxygen atoms in total. The number of primary amides is 1. The topological polar surface area (TPSA) is 43.1 Å². The minimum absolute atomic E-state index is 0.0941. The third-order valence-electron chi connectivity index (χ3n) is 4.09. The van der Waals surface area contributed by atoms with Gasteiger partial charge in [0, 0.05) is 5.92 Å². The molecule has 1 saturated carbocycles. The number of hydrogen-bond acceptors (Lipinski definition) is 1. The molecule has 2 N–H and O–H groups in total. The number of amides is 1. The molecule has 0 spiro atoms. The van der Waals surface area contributed by atoms with E-state index in [1.807, 2.05) is 0 Å². The molecule has 0 aromatic rings. The number of carbonyl (C=O) groups excluding carboxylic acids is 1. The zero-order valence-electron chi connectivity index (χ0n) is 10.4. The van der Waals surface area contributed by atoms with Crippen LogP contribution in [0.3, 0.4) is 0 Å². The molecule has 15 heavy (non-hydrogen) atoms. The van der Waals surface area contributed by atoms with Gasteiger partial charge < -0.3 is 5.73 Å². The van der Waals surface area contributed by atoms with E-state index in [1.54, 1.807) is 0 Å². The second kappa shape index (κ2) is 5.00. The molecule has 2 atom stereocenters. The van der Waals surface area contributed by atoms with Gasteiger partial charge in [0.15, 0.2) is 0 Å². The molecular formula is C13H25NO. The summed E-state index contributed by atoms with van der Waals surface area (Å²) in [5, 5.41) is 0. The van der Waals surface area contributed by atoms with Gasteiger partial charge in [-0.15, -0.1) is 0 Å². The van der Waals surface area contributed by atoms with Crippen LogP contribution >= 0.6 is 0 Å². The summed E-state index contributed by atoms with van der Waals surface area (Å²) in [6, 6.07) is 0. The fraction of sp³-hybridized carbons (Fsp3) is 0.923. The molecule has 1 fully saturated rings. The molecule has 0 aliphatic heterocycles. The SMILES string of the molecule is CCC(C)CC(CC1(C)CCC1)C(N)=O. The van der Waals surface area contributed by atoms with E-state index in [1.165, 1.54) is 19.3 Å². The molecule has 88 valence electrons. The number of nitrogens with two attached hydrogens (primary N) is 1. The Morgan fingerprint density at radius 3 is 2.40 bits per heavy atom. The van der Waals surface area contributed by atoms with Gasteiger partial charge in [0.2, 0.25) is 5.91 Å². The van der Waals surface area contributed by atoms with Crippen molar-refractivity contribution in [2.75, 3.05) is 0 Å². The fourth-order valence-electron chi connectivity index (χ4n) is 2.53. The van der Waals surface area contributed by atoms with Crippen LogP contribution < -0.4 is 5.73 Å². The number of rotatable bonds is 6. The smallest absolute Gasteiger partial charge is 0.220 e. The van der Waals surface area contributed by atoms with Crippen molar-refractivity contribution in [1.29, 1.82) is 0 Å². The summed E-state index contributed by atoms with van der Waals surface area (Å²) < 4.78 is 0. The number of carbonyl (C=O) groups is 1. The Bertz CT molecular complexity index is 221. The molecule has 0 aromatic carbocycles. The van der Waals surface area contributed by atoms with Gasteiger partial charge in [-0.25, -0.2) is 0 Å². The summed E-state index contributed by atoms with van der Waals surface area (Å²) in [6.07, 6.45) is 6.99. The van der Waals surface area contributed by atoms with Gasteiger partial charge in [0.25, 0.3) is 0 Å². The van der Waals surface area contributed by atoms with Crippen LogP contribution in [0.1, 0.15) is 59.3 Å². The van der Waals surface area contributed by atoms with E-state index in [9.17, 15) is 4.79 Å². The quantitative estimate of drug-likeness (QED) is 0.720. The Labute approximate surface area is 93.6 Å². The van der Waals surface area contributed by atoms with Crippen molar-refractivity contribution in [3.63, 3.8) is 0 Å². The number of hydrogen-bond donors (Lipinski definition) is 1. The van der Waals surface area contributed by atoms with Crippen LogP contribution in [0.2, 0.25) is 0 Å². The van der Waals surface area contributed by atoms with Crippen LogP contribution in [0.4, 0.5) is 0 Å². The van der Waals surface area contributed by atoms with E-state index in [2.05, 4.69) is 20.8 Å². The minimum Gasteiger partial charge on any atom is -0.369 e. The lowest BCUT2D eigenvalue weighted by Gasteiger charge is -2.40. The molecule has 1 amide bonds. The lowest BCUT2D eigenvalue weighted by molar-refractivity contribution is -0.124. The second-order valence-corrected chi connectivity index (χ2v) is 5.72. The Balaban J connectivity index is 2.46. The normalized spacial score (nSPS) is 22.9. The largest absolute Gasteiger partial charge is 0.369 e. The van der Waals surface area contributed by atoms with Gasteiger partial charge in [0.05, 0.1) is 0 Å². The molecule has 0 aromatic heterocycles. The highest BCUT2D eigenvalue weighted by molar-refractivity contribution is 5.76. The Morgan fingerprint density at radius 2 is 2.07 bits per heavy atom. The van der Waals surface area contributed by atoms with E-state index in [4.69, 9.17) is 5.73 Å². The highest BCUT2D eigenvalue weighted by Gasteiger charge is 2.35. The third-order valence-corrected chi connectivity index (χ3v) is 4.09. The molecule has 2 unspecified atom stereocenters. The molecule has 0 bridgehead atoms. The van der Waals surface area contributed by atoms with E-state index >= 15 is 0 Å². The average molecular weight is 211 g/mol. The summed E-state index contributed by atoms with van der Waals surface area (Å²) >= 11 is 0.